The average Bonchev–Trinajstić information content (AvgIpc) is 2.86. The van der Waals surface area contributed by atoms with Crippen LogP contribution >= 0.6 is 0 Å². The number of nitrogens with zero attached hydrogens (tertiary/aromatic N) is 2. The Morgan fingerprint density at radius 3 is 2.67 bits per heavy atom. The van der Waals surface area contributed by atoms with Crippen molar-refractivity contribution in [1.82, 2.24) is 4.90 Å². The lowest BCUT2D eigenvalue weighted by Crippen LogP contribution is -2.50. The fraction of sp³-hybridized carbons (Fsp3) is 0.500. The summed E-state index contributed by atoms with van der Waals surface area (Å²) in [7, 11) is 0. The maximum absolute atomic E-state index is 10.8. The van der Waals surface area contributed by atoms with Gasteiger partial charge in [0.25, 0.3) is 0 Å². The zero-order valence-electron chi connectivity index (χ0n) is 10.4. The van der Waals surface area contributed by atoms with E-state index in [1.165, 1.54) is 19.4 Å². The molecule has 2 aliphatic rings. The highest BCUT2D eigenvalue weighted by atomic mass is 16.4. The summed E-state index contributed by atoms with van der Waals surface area (Å²) in [5.41, 5.74) is 1.50. The first-order valence-corrected chi connectivity index (χ1v) is 6.56. The second-order valence-electron chi connectivity index (χ2n) is 5.13. The summed E-state index contributed by atoms with van der Waals surface area (Å²) in [6.07, 6.45) is 2.61. The van der Waals surface area contributed by atoms with Crippen LogP contribution in [-0.4, -0.2) is 48.2 Å². The Kier molecular flexibility index (Phi) is 2.96. The summed E-state index contributed by atoms with van der Waals surface area (Å²) in [6, 6.07) is 7.93. The normalized spacial score (nSPS) is 24.0. The molecule has 2 aliphatic heterocycles. The Bertz CT molecular complexity index is 444. The molecule has 0 aliphatic carbocycles. The molecule has 0 amide bonds. The quantitative estimate of drug-likeness (QED) is 0.862. The number of hydrogen-bond donors (Lipinski definition) is 1. The number of piperazine rings is 1. The smallest absolute Gasteiger partial charge is 0.335 e. The van der Waals surface area contributed by atoms with E-state index in [0.717, 1.165) is 25.3 Å². The van der Waals surface area contributed by atoms with Gasteiger partial charge in [0.1, 0.15) is 0 Å². The number of carboxylic acid groups (broad SMARTS) is 1. The van der Waals surface area contributed by atoms with Crippen LogP contribution in [0.5, 0.6) is 0 Å². The second-order valence-corrected chi connectivity index (χ2v) is 5.13. The summed E-state index contributed by atoms with van der Waals surface area (Å²) >= 11 is 0. The molecule has 1 aromatic rings. The third-order valence-electron chi connectivity index (χ3n) is 4.07. The van der Waals surface area contributed by atoms with E-state index in [9.17, 15) is 4.79 Å². The van der Waals surface area contributed by atoms with Crippen molar-refractivity contribution in [3.8, 4) is 0 Å². The summed E-state index contributed by atoms with van der Waals surface area (Å²) in [6.45, 7) is 4.50. The van der Waals surface area contributed by atoms with Gasteiger partial charge in [-0.2, -0.15) is 0 Å². The first-order valence-electron chi connectivity index (χ1n) is 6.56. The number of rotatable bonds is 2. The van der Waals surface area contributed by atoms with Crippen LogP contribution in [0.25, 0.3) is 0 Å². The summed E-state index contributed by atoms with van der Waals surface area (Å²) < 4.78 is 0. The van der Waals surface area contributed by atoms with Gasteiger partial charge in [0, 0.05) is 31.4 Å². The van der Waals surface area contributed by atoms with E-state index >= 15 is 0 Å². The van der Waals surface area contributed by atoms with Crippen LogP contribution in [0.2, 0.25) is 0 Å². The molecule has 2 fully saturated rings. The van der Waals surface area contributed by atoms with Crippen molar-refractivity contribution >= 4 is 11.7 Å². The first kappa shape index (κ1) is 11.5. The van der Waals surface area contributed by atoms with Crippen LogP contribution < -0.4 is 4.90 Å². The summed E-state index contributed by atoms with van der Waals surface area (Å²) in [5, 5.41) is 8.89. The molecule has 0 bridgehead atoms. The lowest BCUT2D eigenvalue weighted by atomic mass is 10.1. The number of fused-ring (bicyclic) bond motifs is 1. The molecule has 2 heterocycles. The van der Waals surface area contributed by atoms with Crippen molar-refractivity contribution in [2.24, 2.45) is 0 Å². The Morgan fingerprint density at radius 2 is 1.94 bits per heavy atom. The van der Waals surface area contributed by atoms with Gasteiger partial charge in [0.15, 0.2) is 0 Å². The standard InChI is InChI=1S/C14H18N2O2/c17-14(18)11-3-5-12(6-4-11)16-9-8-15-7-1-2-13(15)10-16/h3-6,13H,1-2,7-10H2,(H,17,18). The number of anilines is 1. The molecule has 18 heavy (non-hydrogen) atoms. The predicted molar refractivity (Wildman–Crippen MR) is 70.2 cm³/mol. The van der Waals surface area contributed by atoms with Crippen molar-refractivity contribution < 1.29 is 9.90 Å². The van der Waals surface area contributed by atoms with Crippen LogP contribution in [0.1, 0.15) is 23.2 Å². The Hall–Kier alpha value is -1.55. The largest absolute Gasteiger partial charge is 0.478 e. The zero-order valence-corrected chi connectivity index (χ0v) is 10.4. The third kappa shape index (κ3) is 2.08. The fourth-order valence-corrected chi connectivity index (χ4v) is 3.04. The number of carbonyl (C=O) groups is 1. The van der Waals surface area contributed by atoms with E-state index in [-0.39, 0.29) is 0 Å². The average molecular weight is 246 g/mol. The van der Waals surface area contributed by atoms with Gasteiger partial charge in [-0.15, -0.1) is 0 Å². The van der Waals surface area contributed by atoms with Gasteiger partial charge in [0.05, 0.1) is 5.56 Å². The molecule has 1 atom stereocenters. The third-order valence-corrected chi connectivity index (χ3v) is 4.07. The lowest BCUT2D eigenvalue weighted by molar-refractivity contribution is 0.0697. The minimum atomic E-state index is -0.859. The van der Waals surface area contributed by atoms with Gasteiger partial charge in [-0.25, -0.2) is 4.79 Å². The Morgan fingerprint density at radius 1 is 1.17 bits per heavy atom. The van der Waals surface area contributed by atoms with Crippen molar-refractivity contribution in [2.45, 2.75) is 18.9 Å². The van der Waals surface area contributed by atoms with Gasteiger partial charge in [-0.3, -0.25) is 4.90 Å². The van der Waals surface area contributed by atoms with E-state index < -0.39 is 5.97 Å². The molecular formula is C14H18N2O2. The van der Waals surface area contributed by atoms with E-state index in [0.29, 0.717) is 11.6 Å². The number of benzene rings is 1. The monoisotopic (exact) mass is 246 g/mol. The van der Waals surface area contributed by atoms with Crippen LogP contribution in [0, 0.1) is 0 Å². The SMILES string of the molecule is O=C(O)c1ccc(N2CCN3CCCC3C2)cc1. The summed E-state index contributed by atoms with van der Waals surface area (Å²) in [5.74, 6) is -0.859. The van der Waals surface area contributed by atoms with E-state index in [2.05, 4.69) is 9.80 Å². The van der Waals surface area contributed by atoms with Crippen molar-refractivity contribution in [3.63, 3.8) is 0 Å². The molecule has 1 unspecified atom stereocenters. The molecule has 2 saturated heterocycles. The predicted octanol–water partition coefficient (Wildman–Crippen LogP) is 1.67. The van der Waals surface area contributed by atoms with Crippen LogP contribution in [-0.2, 0) is 0 Å². The van der Waals surface area contributed by atoms with Crippen LogP contribution in [0.3, 0.4) is 0 Å². The molecule has 96 valence electrons. The second kappa shape index (κ2) is 4.61. The molecule has 0 aromatic heterocycles. The van der Waals surface area contributed by atoms with E-state index in [1.807, 2.05) is 12.1 Å². The molecule has 0 spiro atoms. The number of aromatic carboxylic acids is 1. The van der Waals surface area contributed by atoms with Gasteiger partial charge >= 0.3 is 5.97 Å². The molecule has 3 rings (SSSR count). The molecule has 1 aromatic carbocycles. The van der Waals surface area contributed by atoms with E-state index in [1.54, 1.807) is 12.1 Å². The minimum Gasteiger partial charge on any atom is -0.478 e. The molecule has 4 nitrogen and oxygen atoms in total. The molecular weight excluding hydrogens is 228 g/mol. The zero-order chi connectivity index (χ0) is 12.5. The van der Waals surface area contributed by atoms with Gasteiger partial charge in [-0.05, 0) is 43.7 Å². The Balaban J connectivity index is 1.73. The van der Waals surface area contributed by atoms with Crippen LogP contribution in [0.4, 0.5) is 5.69 Å². The highest BCUT2D eigenvalue weighted by Crippen LogP contribution is 2.25. The number of carboxylic acids is 1. The number of hydrogen-bond acceptors (Lipinski definition) is 3. The highest BCUT2D eigenvalue weighted by molar-refractivity contribution is 5.88. The van der Waals surface area contributed by atoms with Crippen LogP contribution in [0.15, 0.2) is 24.3 Å². The maximum Gasteiger partial charge on any atom is 0.335 e. The molecule has 1 N–H and O–H groups in total. The molecule has 4 heteroatoms. The topological polar surface area (TPSA) is 43.8 Å². The fourth-order valence-electron chi connectivity index (χ4n) is 3.04. The van der Waals surface area contributed by atoms with Gasteiger partial charge in [-0.1, -0.05) is 0 Å². The first-order chi connectivity index (χ1) is 8.74. The minimum absolute atomic E-state index is 0.359. The maximum atomic E-state index is 10.8. The van der Waals surface area contributed by atoms with Crippen molar-refractivity contribution in [1.29, 1.82) is 0 Å². The Labute approximate surface area is 107 Å². The summed E-state index contributed by atoms with van der Waals surface area (Å²) in [4.78, 5) is 15.8. The highest BCUT2D eigenvalue weighted by Gasteiger charge is 2.30. The van der Waals surface area contributed by atoms with Gasteiger partial charge in [0.2, 0.25) is 0 Å². The molecule has 0 radical (unpaired) electrons. The molecule has 0 saturated carbocycles. The van der Waals surface area contributed by atoms with E-state index in [4.69, 9.17) is 5.11 Å². The van der Waals surface area contributed by atoms with Crippen molar-refractivity contribution in [3.05, 3.63) is 29.8 Å². The lowest BCUT2D eigenvalue weighted by Gasteiger charge is -2.38. The van der Waals surface area contributed by atoms with Crippen molar-refractivity contribution in [2.75, 3.05) is 31.1 Å². The van der Waals surface area contributed by atoms with Gasteiger partial charge < -0.3 is 10.0 Å².